The summed E-state index contributed by atoms with van der Waals surface area (Å²) in [6.45, 7) is 3.81. The lowest BCUT2D eigenvalue weighted by Gasteiger charge is -2.22. The Morgan fingerprint density at radius 3 is 2.50 bits per heavy atom. The molecule has 0 heterocycles. The molecule has 0 aliphatic heterocycles. The molecule has 0 atom stereocenters. The fraction of sp³-hybridized carbons (Fsp3) is 0.235. The minimum absolute atomic E-state index is 0.292. The van der Waals surface area contributed by atoms with Crippen LogP contribution < -0.4 is 4.90 Å². The molecule has 0 unspecified atom stereocenters. The molecular formula is C17H17Cl2NO2. The molecule has 0 aliphatic rings. The summed E-state index contributed by atoms with van der Waals surface area (Å²) in [6, 6.07) is 14.7. The average Bonchev–Trinajstić information content (AvgIpc) is 2.52. The third kappa shape index (κ3) is 4.39. The van der Waals surface area contributed by atoms with Crippen LogP contribution in [0.15, 0.2) is 48.5 Å². The van der Waals surface area contributed by atoms with Gasteiger partial charge >= 0.3 is 5.97 Å². The van der Waals surface area contributed by atoms with Crippen molar-refractivity contribution in [1.82, 2.24) is 0 Å². The van der Waals surface area contributed by atoms with Gasteiger partial charge < -0.3 is 9.64 Å². The van der Waals surface area contributed by atoms with Crippen LogP contribution in [0.5, 0.6) is 0 Å². The summed E-state index contributed by atoms with van der Waals surface area (Å²) in [5.74, 6) is -0.439. The van der Waals surface area contributed by atoms with Gasteiger partial charge in [-0.05, 0) is 37.3 Å². The van der Waals surface area contributed by atoms with E-state index in [1.807, 2.05) is 30.3 Å². The quantitative estimate of drug-likeness (QED) is 0.717. The summed E-state index contributed by atoms with van der Waals surface area (Å²) in [4.78, 5) is 14.2. The maximum absolute atomic E-state index is 12.0. The number of hydrogen-bond acceptors (Lipinski definition) is 3. The largest absolute Gasteiger partial charge is 0.460 e. The third-order valence-electron chi connectivity index (χ3n) is 3.25. The summed E-state index contributed by atoms with van der Waals surface area (Å²) in [5, 5.41) is 0.788. The van der Waals surface area contributed by atoms with E-state index in [2.05, 4.69) is 11.8 Å². The molecule has 0 fully saturated rings. The lowest BCUT2D eigenvalue weighted by atomic mass is 10.2. The highest BCUT2D eigenvalue weighted by molar-refractivity contribution is 6.36. The van der Waals surface area contributed by atoms with Crippen molar-refractivity contribution in [2.45, 2.75) is 6.92 Å². The zero-order valence-corrected chi connectivity index (χ0v) is 13.8. The van der Waals surface area contributed by atoms with Gasteiger partial charge in [-0.15, -0.1) is 0 Å². The lowest BCUT2D eigenvalue weighted by Crippen LogP contribution is -2.28. The van der Waals surface area contributed by atoms with E-state index in [0.29, 0.717) is 28.8 Å². The summed E-state index contributed by atoms with van der Waals surface area (Å²) < 4.78 is 5.29. The molecule has 0 aromatic heterocycles. The van der Waals surface area contributed by atoms with Crippen LogP contribution in [0.3, 0.4) is 0 Å². The molecule has 2 aromatic carbocycles. The lowest BCUT2D eigenvalue weighted by molar-refractivity contribution is 0.0515. The van der Waals surface area contributed by atoms with E-state index in [-0.39, 0.29) is 0 Å². The van der Waals surface area contributed by atoms with Crippen molar-refractivity contribution in [2.24, 2.45) is 0 Å². The number of likely N-dealkylation sites (N-methyl/N-ethyl adjacent to an activating group) is 1. The fourth-order valence-electron chi connectivity index (χ4n) is 2.09. The Labute approximate surface area is 140 Å². The summed E-state index contributed by atoms with van der Waals surface area (Å²) in [5.41, 5.74) is 1.43. The zero-order valence-electron chi connectivity index (χ0n) is 12.3. The highest BCUT2D eigenvalue weighted by atomic mass is 35.5. The number of ether oxygens (including phenoxy) is 1. The molecule has 0 spiro atoms. The van der Waals surface area contributed by atoms with Crippen molar-refractivity contribution in [3.05, 3.63) is 64.1 Å². The Balaban J connectivity index is 1.91. The van der Waals surface area contributed by atoms with E-state index in [9.17, 15) is 4.79 Å². The van der Waals surface area contributed by atoms with Gasteiger partial charge in [0, 0.05) is 17.3 Å². The predicted molar refractivity (Wildman–Crippen MR) is 91.1 cm³/mol. The summed E-state index contributed by atoms with van der Waals surface area (Å²) >= 11 is 11.8. The predicted octanol–water partition coefficient (Wildman–Crippen LogP) is 4.68. The van der Waals surface area contributed by atoms with Crippen LogP contribution in [-0.2, 0) is 4.74 Å². The molecule has 22 heavy (non-hydrogen) atoms. The molecule has 0 radical (unpaired) electrons. The van der Waals surface area contributed by atoms with Crippen molar-refractivity contribution < 1.29 is 9.53 Å². The minimum Gasteiger partial charge on any atom is -0.460 e. The number of rotatable bonds is 6. The number of carbonyl (C=O) groups excluding carboxylic acids is 1. The number of carbonyl (C=O) groups is 1. The van der Waals surface area contributed by atoms with Crippen LogP contribution in [0, 0.1) is 0 Å². The number of para-hydroxylation sites is 1. The van der Waals surface area contributed by atoms with Gasteiger partial charge in [0.1, 0.15) is 6.61 Å². The Morgan fingerprint density at radius 2 is 1.86 bits per heavy atom. The van der Waals surface area contributed by atoms with Gasteiger partial charge in [0.15, 0.2) is 0 Å². The monoisotopic (exact) mass is 337 g/mol. The van der Waals surface area contributed by atoms with Crippen molar-refractivity contribution in [3.63, 3.8) is 0 Å². The molecule has 5 heteroatoms. The number of benzene rings is 2. The molecule has 0 bridgehead atoms. The van der Waals surface area contributed by atoms with E-state index < -0.39 is 5.97 Å². The van der Waals surface area contributed by atoms with E-state index in [1.165, 1.54) is 6.07 Å². The highest BCUT2D eigenvalue weighted by Gasteiger charge is 2.13. The number of nitrogens with zero attached hydrogens (tertiary/aromatic N) is 1. The molecule has 0 saturated carbocycles. The second-order valence-corrected chi connectivity index (χ2v) is 5.52. The summed E-state index contributed by atoms with van der Waals surface area (Å²) in [7, 11) is 0. The van der Waals surface area contributed by atoms with Crippen LogP contribution >= 0.6 is 23.2 Å². The molecule has 0 N–H and O–H groups in total. The van der Waals surface area contributed by atoms with E-state index in [1.54, 1.807) is 12.1 Å². The van der Waals surface area contributed by atoms with Crippen LogP contribution in [0.4, 0.5) is 5.69 Å². The standard InChI is InChI=1S/C17H17Cl2NO2/c1-2-20(14-6-4-3-5-7-14)10-11-22-17(21)15-9-8-13(18)12-16(15)19/h3-9,12H,2,10-11H2,1H3. The Hall–Kier alpha value is -1.71. The van der Waals surface area contributed by atoms with Crippen LogP contribution in [-0.4, -0.2) is 25.7 Å². The Kier molecular flexibility index (Phi) is 6.10. The van der Waals surface area contributed by atoms with Crippen molar-refractivity contribution in [3.8, 4) is 0 Å². The maximum Gasteiger partial charge on any atom is 0.339 e. The SMILES string of the molecule is CCN(CCOC(=O)c1ccc(Cl)cc1Cl)c1ccccc1. The van der Waals surface area contributed by atoms with Gasteiger partial charge in [-0.25, -0.2) is 4.79 Å². The van der Waals surface area contributed by atoms with Crippen LogP contribution in [0.25, 0.3) is 0 Å². The number of esters is 1. The van der Waals surface area contributed by atoms with Gasteiger partial charge in [-0.2, -0.15) is 0 Å². The topological polar surface area (TPSA) is 29.5 Å². The fourth-order valence-corrected chi connectivity index (χ4v) is 2.58. The number of anilines is 1. The minimum atomic E-state index is -0.439. The van der Waals surface area contributed by atoms with Crippen molar-refractivity contribution >= 4 is 34.9 Å². The second kappa shape index (κ2) is 8.06. The molecule has 0 saturated heterocycles. The Bertz CT molecular complexity index is 632. The smallest absolute Gasteiger partial charge is 0.339 e. The van der Waals surface area contributed by atoms with E-state index in [0.717, 1.165) is 12.2 Å². The first-order chi connectivity index (χ1) is 10.6. The van der Waals surface area contributed by atoms with Gasteiger partial charge in [0.25, 0.3) is 0 Å². The molecule has 0 amide bonds. The number of halogens is 2. The van der Waals surface area contributed by atoms with Crippen molar-refractivity contribution in [2.75, 3.05) is 24.6 Å². The Morgan fingerprint density at radius 1 is 1.14 bits per heavy atom. The molecule has 0 aliphatic carbocycles. The van der Waals surface area contributed by atoms with Gasteiger partial charge in [-0.1, -0.05) is 41.4 Å². The first-order valence-electron chi connectivity index (χ1n) is 7.04. The normalized spacial score (nSPS) is 10.3. The molecule has 3 nitrogen and oxygen atoms in total. The zero-order chi connectivity index (χ0) is 15.9. The first-order valence-corrected chi connectivity index (χ1v) is 7.79. The van der Waals surface area contributed by atoms with Gasteiger partial charge in [0.2, 0.25) is 0 Å². The van der Waals surface area contributed by atoms with Crippen LogP contribution in [0.2, 0.25) is 10.0 Å². The van der Waals surface area contributed by atoms with Crippen LogP contribution in [0.1, 0.15) is 17.3 Å². The number of hydrogen-bond donors (Lipinski definition) is 0. The molecular weight excluding hydrogens is 321 g/mol. The third-order valence-corrected chi connectivity index (χ3v) is 3.80. The maximum atomic E-state index is 12.0. The molecule has 2 rings (SSSR count). The molecule has 2 aromatic rings. The molecule has 116 valence electrons. The van der Waals surface area contributed by atoms with Gasteiger partial charge in [0.05, 0.1) is 17.1 Å². The van der Waals surface area contributed by atoms with Gasteiger partial charge in [-0.3, -0.25) is 0 Å². The summed E-state index contributed by atoms with van der Waals surface area (Å²) in [6.07, 6.45) is 0. The first kappa shape index (κ1) is 16.7. The average molecular weight is 338 g/mol. The van der Waals surface area contributed by atoms with Crippen molar-refractivity contribution in [1.29, 1.82) is 0 Å². The van der Waals surface area contributed by atoms with E-state index >= 15 is 0 Å². The van der Waals surface area contributed by atoms with E-state index in [4.69, 9.17) is 27.9 Å². The highest BCUT2D eigenvalue weighted by Crippen LogP contribution is 2.21. The second-order valence-electron chi connectivity index (χ2n) is 4.68.